The van der Waals surface area contributed by atoms with Crippen LogP contribution >= 0.6 is 0 Å². The van der Waals surface area contributed by atoms with Crippen molar-refractivity contribution in [1.82, 2.24) is 9.29 Å². The Morgan fingerprint density at radius 1 is 1.29 bits per heavy atom. The number of rotatable bonds is 6. The molecule has 5 nitrogen and oxygen atoms in total. The topological polar surface area (TPSA) is 74.1 Å². The highest BCUT2D eigenvalue weighted by atomic mass is 32.2. The normalized spacial score (nSPS) is 12.8. The van der Waals surface area contributed by atoms with Gasteiger partial charge in [-0.2, -0.15) is 9.57 Å². The fourth-order valence-corrected chi connectivity index (χ4v) is 3.86. The Kier molecular flexibility index (Phi) is 5.59. The number of hydrogen-bond donors (Lipinski definition) is 0. The summed E-state index contributed by atoms with van der Waals surface area (Å²) in [6, 6.07) is 7.61. The van der Waals surface area contributed by atoms with Gasteiger partial charge >= 0.3 is 0 Å². The molecule has 126 valence electrons. The average molecular weight is 351 g/mol. The van der Waals surface area contributed by atoms with Crippen molar-refractivity contribution in [3.8, 4) is 6.07 Å². The molecule has 0 saturated heterocycles. The monoisotopic (exact) mass is 351 g/mol. The highest BCUT2D eigenvalue weighted by molar-refractivity contribution is 7.89. The summed E-state index contributed by atoms with van der Waals surface area (Å²) in [5.41, 5.74) is 0.614. The highest BCUT2D eigenvalue weighted by Crippen LogP contribution is 2.27. The Balaban J connectivity index is 2.44. The number of alkyl halides is 1. The largest absolute Gasteiger partial charge is 0.262 e. The van der Waals surface area contributed by atoms with Crippen LogP contribution in [-0.2, 0) is 10.0 Å². The molecule has 1 heterocycles. The summed E-state index contributed by atoms with van der Waals surface area (Å²) >= 11 is 0. The summed E-state index contributed by atoms with van der Waals surface area (Å²) in [6.07, 6.45) is 2.35. The van der Waals surface area contributed by atoms with E-state index in [2.05, 4.69) is 4.98 Å². The fourth-order valence-electron chi connectivity index (χ4n) is 2.27. The molecule has 1 atom stereocenters. The molecule has 0 spiro atoms. The molecule has 2 aromatic rings. The molecule has 0 amide bonds. The van der Waals surface area contributed by atoms with Crippen LogP contribution in [0.2, 0.25) is 0 Å². The molecule has 0 saturated carbocycles. The molecule has 1 unspecified atom stereocenters. The lowest BCUT2D eigenvalue weighted by Gasteiger charge is -2.27. The van der Waals surface area contributed by atoms with Crippen molar-refractivity contribution in [2.24, 2.45) is 0 Å². The van der Waals surface area contributed by atoms with Gasteiger partial charge in [-0.15, -0.1) is 0 Å². The number of sulfonamides is 1. The molecule has 8 heteroatoms. The number of aromatic nitrogens is 1. The van der Waals surface area contributed by atoms with Crippen LogP contribution in [0.25, 0.3) is 0 Å². The van der Waals surface area contributed by atoms with Gasteiger partial charge in [0.15, 0.2) is 0 Å². The van der Waals surface area contributed by atoms with Crippen LogP contribution in [-0.4, -0.2) is 30.9 Å². The third-order valence-electron chi connectivity index (χ3n) is 3.54. The number of hydrogen-bond acceptors (Lipinski definition) is 4. The van der Waals surface area contributed by atoms with Gasteiger partial charge < -0.3 is 0 Å². The van der Waals surface area contributed by atoms with Gasteiger partial charge in [-0.1, -0.05) is 12.1 Å². The summed E-state index contributed by atoms with van der Waals surface area (Å²) < 4.78 is 52.6. The Hall–Kier alpha value is -2.37. The van der Waals surface area contributed by atoms with Gasteiger partial charge in [0.25, 0.3) is 0 Å². The molecule has 0 aliphatic heterocycles. The van der Waals surface area contributed by atoms with E-state index in [-0.39, 0.29) is 17.0 Å². The van der Waals surface area contributed by atoms with E-state index in [1.807, 2.05) is 6.07 Å². The molecule has 0 radical (unpaired) electrons. The highest BCUT2D eigenvalue weighted by Gasteiger charge is 2.30. The zero-order chi connectivity index (χ0) is 17.7. The molecule has 0 bridgehead atoms. The predicted molar refractivity (Wildman–Crippen MR) is 83.6 cm³/mol. The summed E-state index contributed by atoms with van der Waals surface area (Å²) in [7, 11) is -4.07. The Bertz CT molecular complexity index is 848. The van der Waals surface area contributed by atoms with Crippen LogP contribution in [0.4, 0.5) is 8.78 Å². The summed E-state index contributed by atoms with van der Waals surface area (Å²) in [6.45, 7) is 0.343. The second kappa shape index (κ2) is 7.47. The molecular formula is C16H15F2N3O2S. The van der Waals surface area contributed by atoms with Crippen molar-refractivity contribution in [2.45, 2.75) is 17.9 Å². The zero-order valence-electron chi connectivity index (χ0n) is 12.9. The average Bonchev–Trinajstić information content (AvgIpc) is 2.59. The van der Waals surface area contributed by atoms with E-state index in [0.717, 1.165) is 10.5 Å². The summed E-state index contributed by atoms with van der Waals surface area (Å²) in [4.78, 5) is 3.55. The molecule has 2 rings (SSSR count). The lowest BCUT2D eigenvalue weighted by molar-refractivity contribution is 0.306. The number of nitriles is 1. The fraction of sp³-hybridized carbons (Fsp3) is 0.250. The standard InChI is InChI=1S/C16H15F2N3O2S/c1-12(14-2-4-15(18)5-3-14)21(7-6-17)24(22,23)16-8-13(9-19)10-20-11-16/h2-5,8,10-12H,6-7H2,1H3. The Labute approximate surface area is 139 Å². The first-order valence-electron chi connectivity index (χ1n) is 7.08. The number of pyridine rings is 1. The number of halogens is 2. The van der Waals surface area contributed by atoms with Gasteiger partial charge in [0.2, 0.25) is 10.0 Å². The molecule has 0 N–H and O–H groups in total. The van der Waals surface area contributed by atoms with Crippen LogP contribution in [0.15, 0.2) is 47.6 Å². The first kappa shape index (κ1) is 18.0. The smallest absolute Gasteiger partial charge is 0.245 e. The number of nitrogens with zero attached hydrogens (tertiary/aromatic N) is 3. The maximum absolute atomic E-state index is 13.1. The van der Waals surface area contributed by atoms with Crippen molar-refractivity contribution in [1.29, 1.82) is 5.26 Å². The van der Waals surface area contributed by atoms with E-state index in [9.17, 15) is 17.2 Å². The lowest BCUT2D eigenvalue weighted by Crippen LogP contribution is -2.35. The van der Waals surface area contributed by atoms with Crippen LogP contribution in [0.3, 0.4) is 0 Å². The van der Waals surface area contributed by atoms with E-state index in [1.165, 1.54) is 36.5 Å². The van der Waals surface area contributed by atoms with Gasteiger partial charge in [-0.05, 0) is 30.7 Å². The minimum absolute atomic E-state index is 0.0886. The maximum atomic E-state index is 13.1. The van der Waals surface area contributed by atoms with Gasteiger partial charge in [0, 0.05) is 25.0 Å². The molecule has 1 aromatic heterocycles. The SMILES string of the molecule is CC(c1ccc(F)cc1)N(CCF)S(=O)(=O)c1cncc(C#N)c1. The van der Waals surface area contributed by atoms with E-state index in [4.69, 9.17) is 5.26 Å². The van der Waals surface area contributed by atoms with Crippen LogP contribution < -0.4 is 0 Å². The van der Waals surface area contributed by atoms with E-state index in [0.29, 0.717) is 5.56 Å². The minimum Gasteiger partial charge on any atom is -0.262 e. The maximum Gasteiger partial charge on any atom is 0.245 e. The van der Waals surface area contributed by atoms with Gasteiger partial charge in [-0.3, -0.25) is 4.98 Å². The summed E-state index contributed by atoms with van der Waals surface area (Å²) in [5, 5.41) is 8.89. The molecule has 0 fully saturated rings. The van der Waals surface area contributed by atoms with Crippen molar-refractivity contribution < 1.29 is 17.2 Å². The predicted octanol–water partition coefficient (Wildman–Crippen LogP) is 2.81. The first-order valence-corrected chi connectivity index (χ1v) is 8.52. The van der Waals surface area contributed by atoms with Gasteiger partial charge in [-0.25, -0.2) is 17.2 Å². The van der Waals surface area contributed by atoms with Crippen LogP contribution in [0, 0.1) is 17.1 Å². The first-order chi connectivity index (χ1) is 11.4. The van der Waals surface area contributed by atoms with Gasteiger partial charge in [0.05, 0.1) is 5.56 Å². The van der Waals surface area contributed by atoms with Crippen molar-refractivity contribution in [2.75, 3.05) is 13.2 Å². The third kappa shape index (κ3) is 3.75. The molecule has 0 aliphatic carbocycles. The Morgan fingerprint density at radius 2 is 1.96 bits per heavy atom. The second-order valence-electron chi connectivity index (χ2n) is 5.05. The quantitative estimate of drug-likeness (QED) is 0.802. The number of benzene rings is 1. The summed E-state index contributed by atoms with van der Waals surface area (Å²) in [5.74, 6) is -0.447. The van der Waals surface area contributed by atoms with E-state index in [1.54, 1.807) is 6.92 Å². The molecule has 0 aliphatic rings. The molecular weight excluding hydrogens is 336 g/mol. The third-order valence-corrected chi connectivity index (χ3v) is 5.47. The van der Waals surface area contributed by atoms with E-state index >= 15 is 0 Å². The molecule has 1 aromatic carbocycles. The van der Waals surface area contributed by atoms with Crippen molar-refractivity contribution in [3.05, 3.63) is 59.7 Å². The minimum atomic E-state index is -4.07. The second-order valence-corrected chi connectivity index (χ2v) is 6.94. The lowest BCUT2D eigenvalue weighted by atomic mass is 10.1. The zero-order valence-corrected chi connectivity index (χ0v) is 13.7. The van der Waals surface area contributed by atoms with E-state index < -0.39 is 28.6 Å². The van der Waals surface area contributed by atoms with Crippen LogP contribution in [0.1, 0.15) is 24.1 Å². The van der Waals surface area contributed by atoms with Crippen molar-refractivity contribution >= 4 is 10.0 Å². The molecule has 24 heavy (non-hydrogen) atoms. The Morgan fingerprint density at radius 3 is 2.54 bits per heavy atom. The van der Waals surface area contributed by atoms with Crippen molar-refractivity contribution in [3.63, 3.8) is 0 Å². The van der Waals surface area contributed by atoms with Crippen LogP contribution in [0.5, 0.6) is 0 Å². The van der Waals surface area contributed by atoms with Gasteiger partial charge in [0.1, 0.15) is 23.5 Å².